The Labute approximate surface area is 197 Å². The maximum atomic E-state index is 9.90. The molecule has 3 N–H and O–H groups in total. The highest BCUT2D eigenvalue weighted by atomic mass is 35.5. The molecule has 33 heavy (non-hydrogen) atoms. The Hall–Kier alpha value is -2.94. The monoisotopic (exact) mass is 467 g/mol. The van der Waals surface area contributed by atoms with Crippen LogP contribution in [0.4, 0.5) is 17.3 Å². The Kier molecular flexibility index (Phi) is 5.60. The number of nitrogens with zero attached hydrogens (tertiary/aromatic N) is 4. The molecule has 1 saturated heterocycles. The maximum Gasteiger partial charge on any atom is 0.227 e. The van der Waals surface area contributed by atoms with Crippen molar-refractivity contribution in [1.82, 2.24) is 15.0 Å². The number of hydrogen-bond donors (Lipinski definition) is 3. The van der Waals surface area contributed by atoms with Gasteiger partial charge in [0, 0.05) is 48.2 Å². The summed E-state index contributed by atoms with van der Waals surface area (Å²) in [4.78, 5) is 15.6. The predicted octanol–water partition coefficient (Wildman–Crippen LogP) is 3.32. The van der Waals surface area contributed by atoms with Crippen LogP contribution in [0.15, 0.2) is 36.7 Å². The van der Waals surface area contributed by atoms with E-state index in [0.717, 1.165) is 41.0 Å². The second-order valence-corrected chi connectivity index (χ2v) is 9.30. The van der Waals surface area contributed by atoms with Crippen molar-refractivity contribution in [2.24, 2.45) is 0 Å². The molecule has 0 radical (unpaired) electrons. The molecule has 172 valence electrons. The Bertz CT molecular complexity index is 1200. The number of methoxy groups -OCH3 is 1. The molecule has 1 aliphatic heterocycles. The van der Waals surface area contributed by atoms with Crippen LogP contribution in [-0.4, -0.2) is 58.1 Å². The lowest BCUT2D eigenvalue weighted by Gasteiger charge is -2.38. The van der Waals surface area contributed by atoms with Gasteiger partial charge in [0.15, 0.2) is 0 Å². The van der Waals surface area contributed by atoms with Crippen molar-refractivity contribution in [2.75, 3.05) is 37.0 Å². The SMILES string of the molecule is COc1cc(N2CC(O)C2)c(Cl)cc1Nc1nccc(-c2cnc3c(c2)C(C)(CO)CC3)n1. The highest BCUT2D eigenvalue weighted by Gasteiger charge is 2.35. The second kappa shape index (κ2) is 8.44. The summed E-state index contributed by atoms with van der Waals surface area (Å²) in [5.74, 6) is 1.00. The largest absolute Gasteiger partial charge is 0.494 e. The van der Waals surface area contributed by atoms with Gasteiger partial charge in [0.1, 0.15) is 5.75 Å². The fourth-order valence-corrected chi connectivity index (χ4v) is 4.74. The summed E-state index contributed by atoms with van der Waals surface area (Å²) in [6.45, 7) is 3.25. The summed E-state index contributed by atoms with van der Waals surface area (Å²) in [5.41, 5.74) is 4.90. The molecule has 1 aliphatic carbocycles. The van der Waals surface area contributed by atoms with Crippen LogP contribution in [-0.2, 0) is 11.8 Å². The van der Waals surface area contributed by atoms with E-state index >= 15 is 0 Å². The molecule has 0 saturated carbocycles. The first-order valence-electron chi connectivity index (χ1n) is 10.9. The average Bonchev–Trinajstić information content (AvgIpc) is 3.14. The zero-order chi connectivity index (χ0) is 23.2. The number of fused-ring (bicyclic) bond motifs is 1. The van der Waals surface area contributed by atoms with E-state index in [2.05, 4.69) is 33.3 Å². The molecule has 1 unspecified atom stereocenters. The number of pyridine rings is 1. The van der Waals surface area contributed by atoms with E-state index in [1.807, 2.05) is 23.2 Å². The number of ether oxygens (including phenoxy) is 1. The Balaban J connectivity index is 1.43. The number of aliphatic hydroxyl groups excluding tert-OH is 2. The molecule has 5 rings (SSSR count). The number of rotatable bonds is 6. The van der Waals surface area contributed by atoms with Crippen LogP contribution in [0.1, 0.15) is 24.6 Å². The summed E-state index contributed by atoms with van der Waals surface area (Å²) >= 11 is 6.51. The van der Waals surface area contributed by atoms with Gasteiger partial charge in [0.2, 0.25) is 5.95 Å². The molecule has 2 aromatic heterocycles. The van der Waals surface area contributed by atoms with Crippen LogP contribution in [0.3, 0.4) is 0 Å². The minimum Gasteiger partial charge on any atom is -0.494 e. The van der Waals surface area contributed by atoms with Crippen LogP contribution in [0.25, 0.3) is 11.3 Å². The van der Waals surface area contributed by atoms with E-state index in [1.165, 1.54) is 0 Å². The summed E-state index contributed by atoms with van der Waals surface area (Å²) in [5, 5.41) is 23.3. The fourth-order valence-electron chi connectivity index (χ4n) is 4.45. The van der Waals surface area contributed by atoms with Gasteiger partial charge in [-0.25, -0.2) is 9.97 Å². The normalized spacial score (nSPS) is 19.8. The summed E-state index contributed by atoms with van der Waals surface area (Å²) in [6, 6.07) is 7.54. The highest BCUT2D eigenvalue weighted by molar-refractivity contribution is 6.33. The molecule has 0 amide bonds. The van der Waals surface area contributed by atoms with Crippen molar-refractivity contribution < 1.29 is 14.9 Å². The second-order valence-electron chi connectivity index (χ2n) is 8.89. The fraction of sp³-hybridized carbons (Fsp3) is 0.375. The molecular formula is C24H26ClN5O3. The topological polar surface area (TPSA) is 104 Å². The summed E-state index contributed by atoms with van der Waals surface area (Å²) < 4.78 is 5.56. The molecule has 2 aliphatic rings. The maximum absolute atomic E-state index is 9.90. The van der Waals surface area contributed by atoms with Crippen molar-refractivity contribution in [3.05, 3.63) is 52.9 Å². The van der Waals surface area contributed by atoms with E-state index in [-0.39, 0.29) is 18.1 Å². The zero-order valence-electron chi connectivity index (χ0n) is 18.5. The number of hydrogen-bond acceptors (Lipinski definition) is 8. The van der Waals surface area contributed by atoms with Gasteiger partial charge in [-0.3, -0.25) is 4.98 Å². The van der Waals surface area contributed by atoms with Gasteiger partial charge in [-0.1, -0.05) is 18.5 Å². The minimum absolute atomic E-state index is 0.0919. The van der Waals surface area contributed by atoms with Gasteiger partial charge in [-0.15, -0.1) is 0 Å². The van der Waals surface area contributed by atoms with E-state index < -0.39 is 0 Å². The van der Waals surface area contributed by atoms with Crippen molar-refractivity contribution in [2.45, 2.75) is 31.3 Å². The van der Waals surface area contributed by atoms with Crippen LogP contribution in [0.2, 0.25) is 5.02 Å². The summed E-state index contributed by atoms with van der Waals surface area (Å²) in [7, 11) is 1.59. The first-order chi connectivity index (χ1) is 15.9. The van der Waals surface area contributed by atoms with Gasteiger partial charge in [0.05, 0.1) is 41.9 Å². The smallest absolute Gasteiger partial charge is 0.227 e. The van der Waals surface area contributed by atoms with Gasteiger partial charge in [0.25, 0.3) is 0 Å². The number of aliphatic hydroxyl groups is 2. The van der Waals surface area contributed by atoms with Gasteiger partial charge in [-0.05, 0) is 36.6 Å². The van der Waals surface area contributed by atoms with Crippen molar-refractivity contribution >= 4 is 28.9 Å². The number of aryl methyl sites for hydroxylation is 1. The van der Waals surface area contributed by atoms with E-state index in [9.17, 15) is 10.2 Å². The number of β-amino-alcohol motifs (C(OH)–C–C–N with tert-alkyl or cyclic N) is 1. The van der Waals surface area contributed by atoms with E-state index in [1.54, 1.807) is 19.4 Å². The zero-order valence-corrected chi connectivity index (χ0v) is 19.3. The Morgan fingerprint density at radius 3 is 2.82 bits per heavy atom. The number of aromatic nitrogens is 3. The molecule has 0 bridgehead atoms. The molecule has 1 atom stereocenters. The van der Waals surface area contributed by atoms with Crippen LogP contribution < -0.4 is 15.0 Å². The van der Waals surface area contributed by atoms with Crippen LogP contribution in [0.5, 0.6) is 5.75 Å². The third-order valence-electron chi connectivity index (χ3n) is 6.55. The average molecular weight is 468 g/mol. The number of benzene rings is 1. The van der Waals surface area contributed by atoms with E-state index in [0.29, 0.717) is 35.5 Å². The highest BCUT2D eigenvalue weighted by Crippen LogP contribution is 2.40. The molecule has 1 fully saturated rings. The standard InChI is InChI=1S/C24H26ClN5O3/c1-24(13-31)5-3-19-16(24)7-14(10-27-19)18-4-6-26-23(28-18)29-20-8-17(25)21(9-22(20)33-2)30-11-15(32)12-30/h4,6-10,15,31-32H,3,5,11-13H2,1-2H3,(H,26,28,29). The van der Waals surface area contributed by atoms with Gasteiger partial charge < -0.3 is 25.2 Å². The van der Waals surface area contributed by atoms with E-state index in [4.69, 9.17) is 16.3 Å². The quantitative estimate of drug-likeness (QED) is 0.507. The van der Waals surface area contributed by atoms with Crippen LogP contribution >= 0.6 is 11.6 Å². The third-order valence-corrected chi connectivity index (χ3v) is 6.86. The third kappa shape index (κ3) is 3.99. The molecule has 9 heteroatoms. The lowest BCUT2D eigenvalue weighted by molar-refractivity contribution is 0.142. The molecule has 0 spiro atoms. The lowest BCUT2D eigenvalue weighted by Crippen LogP contribution is -2.50. The molecule has 3 aromatic rings. The van der Waals surface area contributed by atoms with Crippen molar-refractivity contribution in [3.63, 3.8) is 0 Å². The van der Waals surface area contributed by atoms with Gasteiger partial charge >= 0.3 is 0 Å². The predicted molar refractivity (Wildman–Crippen MR) is 128 cm³/mol. The Morgan fingerprint density at radius 2 is 2.09 bits per heavy atom. The molecule has 1 aromatic carbocycles. The first-order valence-corrected chi connectivity index (χ1v) is 11.3. The van der Waals surface area contributed by atoms with Crippen molar-refractivity contribution in [1.29, 1.82) is 0 Å². The molecular weight excluding hydrogens is 442 g/mol. The van der Waals surface area contributed by atoms with Gasteiger partial charge in [-0.2, -0.15) is 0 Å². The Morgan fingerprint density at radius 1 is 1.27 bits per heavy atom. The van der Waals surface area contributed by atoms with Crippen molar-refractivity contribution in [3.8, 4) is 17.0 Å². The summed E-state index contributed by atoms with van der Waals surface area (Å²) in [6.07, 6.45) is 4.94. The number of nitrogens with one attached hydrogen (secondary N) is 1. The lowest BCUT2D eigenvalue weighted by atomic mass is 9.85. The molecule has 8 nitrogen and oxygen atoms in total. The minimum atomic E-state index is -0.329. The van der Waals surface area contributed by atoms with Crippen LogP contribution in [0, 0.1) is 0 Å². The molecule has 3 heterocycles. The number of halogens is 1. The first kappa shape index (κ1) is 21.9. The number of anilines is 3.